The molecule has 2 aromatic heterocycles. The highest BCUT2D eigenvalue weighted by molar-refractivity contribution is 7.89. The Morgan fingerprint density at radius 3 is 2.36 bits per heavy atom. The van der Waals surface area contributed by atoms with E-state index in [1.54, 1.807) is 30.5 Å². The van der Waals surface area contributed by atoms with Crippen LogP contribution in [-0.2, 0) is 16.2 Å². The number of β-amino-alcohol motifs (C(OH)–C–C–N with tert-alkyl or cyclic N) is 1. The summed E-state index contributed by atoms with van der Waals surface area (Å²) < 4.78 is 66.1. The molecule has 0 amide bonds. The molecular weight excluding hydrogens is 533 g/mol. The minimum atomic E-state index is -4.49. The Bertz CT molecular complexity index is 1380. The van der Waals surface area contributed by atoms with Gasteiger partial charge in [-0.3, -0.25) is 0 Å². The SMILES string of the molecule is O=S(=O)(c1ccc(-c2ccnc(N3CCNCC3)c2)cc1)N1CC[C@@H](Nc2ccc(C(F)(F)F)cn2)[C@@H](O)C1. The van der Waals surface area contributed by atoms with Crippen LogP contribution in [0.25, 0.3) is 11.1 Å². The van der Waals surface area contributed by atoms with Crippen LogP contribution in [0.1, 0.15) is 12.0 Å². The topological polar surface area (TPSA) is 111 Å². The lowest BCUT2D eigenvalue weighted by molar-refractivity contribution is -0.137. The summed E-state index contributed by atoms with van der Waals surface area (Å²) in [5.41, 5.74) is 0.922. The molecule has 13 heteroatoms. The molecule has 1 aromatic carbocycles. The Labute approximate surface area is 224 Å². The number of alkyl halides is 3. The van der Waals surface area contributed by atoms with Crippen molar-refractivity contribution in [2.75, 3.05) is 49.5 Å². The monoisotopic (exact) mass is 562 g/mol. The normalized spacial score (nSPS) is 21.1. The van der Waals surface area contributed by atoms with Crippen LogP contribution in [-0.4, -0.2) is 79.2 Å². The van der Waals surface area contributed by atoms with Gasteiger partial charge in [-0.25, -0.2) is 18.4 Å². The lowest BCUT2D eigenvalue weighted by Gasteiger charge is -2.35. The number of sulfonamides is 1. The van der Waals surface area contributed by atoms with Crippen molar-refractivity contribution in [3.63, 3.8) is 0 Å². The summed E-state index contributed by atoms with van der Waals surface area (Å²) in [6.07, 6.45) is -2.84. The fraction of sp³-hybridized carbons (Fsp3) is 0.385. The molecular formula is C26H29F3N6O3S. The molecule has 2 aliphatic rings. The van der Waals surface area contributed by atoms with Crippen molar-refractivity contribution < 1.29 is 26.7 Å². The highest BCUT2D eigenvalue weighted by Crippen LogP contribution is 2.30. The summed E-state index contributed by atoms with van der Waals surface area (Å²) in [5, 5.41) is 16.9. The van der Waals surface area contributed by atoms with Crippen LogP contribution >= 0.6 is 0 Å². The van der Waals surface area contributed by atoms with Crippen LogP contribution in [0.15, 0.2) is 65.8 Å². The van der Waals surface area contributed by atoms with E-state index in [9.17, 15) is 26.7 Å². The first kappa shape index (κ1) is 27.3. The van der Waals surface area contributed by atoms with Gasteiger partial charge in [0.1, 0.15) is 11.6 Å². The second-order valence-corrected chi connectivity index (χ2v) is 11.5. The van der Waals surface area contributed by atoms with Crippen molar-refractivity contribution >= 4 is 21.7 Å². The maximum Gasteiger partial charge on any atom is 0.417 e. The first-order valence-corrected chi connectivity index (χ1v) is 14.1. The van der Waals surface area contributed by atoms with Gasteiger partial charge in [0.15, 0.2) is 0 Å². The third-order valence-electron chi connectivity index (χ3n) is 6.98. The van der Waals surface area contributed by atoms with E-state index in [4.69, 9.17) is 0 Å². The number of anilines is 2. The average Bonchev–Trinajstić information content (AvgIpc) is 2.94. The number of piperidine rings is 1. The van der Waals surface area contributed by atoms with E-state index in [2.05, 4.69) is 25.5 Å². The van der Waals surface area contributed by atoms with Gasteiger partial charge >= 0.3 is 6.18 Å². The van der Waals surface area contributed by atoms with Gasteiger partial charge in [-0.05, 0) is 53.9 Å². The molecule has 39 heavy (non-hydrogen) atoms. The zero-order valence-electron chi connectivity index (χ0n) is 21.0. The smallest absolute Gasteiger partial charge is 0.390 e. The van der Waals surface area contributed by atoms with Gasteiger partial charge in [0.2, 0.25) is 10.0 Å². The first-order chi connectivity index (χ1) is 18.6. The lowest BCUT2D eigenvalue weighted by Crippen LogP contribution is -2.51. The molecule has 3 aromatic rings. The second kappa shape index (κ2) is 11.1. The molecule has 5 rings (SSSR count). The molecule has 3 N–H and O–H groups in total. The molecule has 0 bridgehead atoms. The average molecular weight is 563 g/mol. The Balaban J connectivity index is 1.23. The first-order valence-electron chi connectivity index (χ1n) is 12.6. The van der Waals surface area contributed by atoms with Crippen molar-refractivity contribution in [2.45, 2.75) is 29.6 Å². The van der Waals surface area contributed by atoms with Crippen molar-refractivity contribution in [2.24, 2.45) is 0 Å². The Morgan fingerprint density at radius 1 is 0.974 bits per heavy atom. The van der Waals surface area contributed by atoms with E-state index in [1.807, 2.05) is 12.1 Å². The maximum atomic E-state index is 13.3. The van der Waals surface area contributed by atoms with Crippen molar-refractivity contribution in [3.05, 3.63) is 66.5 Å². The Hall–Kier alpha value is -3.26. The second-order valence-electron chi connectivity index (χ2n) is 9.56. The van der Waals surface area contributed by atoms with Crippen LogP contribution in [0.5, 0.6) is 0 Å². The van der Waals surface area contributed by atoms with Gasteiger partial charge < -0.3 is 20.6 Å². The minimum absolute atomic E-state index is 0.116. The quantitative estimate of drug-likeness (QED) is 0.421. The van der Waals surface area contributed by atoms with Crippen molar-refractivity contribution in [1.82, 2.24) is 19.6 Å². The standard InChI is InChI=1S/C26H29F3N6O3S/c27-26(28,29)20-3-6-24(32-16-20)33-22-8-12-35(17-23(22)36)39(37,38)21-4-1-18(2-5-21)19-7-9-31-25(15-19)34-13-10-30-11-14-34/h1-7,9,15-16,22-23,30,36H,8,10-14,17H2,(H,32,33)/t22-,23+/m1/s1. The molecule has 4 heterocycles. The van der Waals surface area contributed by atoms with Crippen LogP contribution in [0.2, 0.25) is 0 Å². The highest BCUT2D eigenvalue weighted by atomic mass is 32.2. The summed E-state index contributed by atoms with van der Waals surface area (Å²) in [7, 11) is -3.86. The molecule has 0 spiro atoms. The number of nitrogens with zero attached hydrogens (tertiary/aromatic N) is 4. The summed E-state index contributed by atoms with van der Waals surface area (Å²) in [5.74, 6) is 1.05. The van der Waals surface area contributed by atoms with Gasteiger partial charge in [-0.15, -0.1) is 0 Å². The Kier molecular flexibility index (Phi) is 7.76. The number of rotatable bonds is 6. The molecule has 2 atom stereocenters. The van der Waals surface area contributed by atoms with Crippen LogP contribution in [0, 0.1) is 0 Å². The van der Waals surface area contributed by atoms with Crippen molar-refractivity contribution in [1.29, 1.82) is 0 Å². The molecule has 9 nitrogen and oxygen atoms in total. The zero-order chi connectivity index (χ0) is 27.6. The largest absolute Gasteiger partial charge is 0.417 e. The lowest BCUT2D eigenvalue weighted by atomic mass is 10.0. The number of piperazine rings is 1. The summed E-state index contributed by atoms with van der Waals surface area (Å²) >= 11 is 0. The highest BCUT2D eigenvalue weighted by Gasteiger charge is 2.35. The molecule has 2 fully saturated rings. The fourth-order valence-electron chi connectivity index (χ4n) is 4.76. The number of halogens is 3. The Morgan fingerprint density at radius 2 is 1.72 bits per heavy atom. The third kappa shape index (κ3) is 6.16. The molecule has 2 aliphatic heterocycles. The number of pyridine rings is 2. The van der Waals surface area contributed by atoms with Crippen LogP contribution in [0.4, 0.5) is 24.8 Å². The van der Waals surface area contributed by atoms with Crippen LogP contribution in [0.3, 0.4) is 0 Å². The third-order valence-corrected chi connectivity index (χ3v) is 8.86. The van der Waals surface area contributed by atoms with Gasteiger partial charge in [0, 0.05) is 51.7 Å². The molecule has 208 valence electrons. The van der Waals surface area contributed by atoms with Crippen LogP contribution < -0.4 is 15.5 Å². The number of hydrogen-bond acceptors (Lipinski definition) is 8. The number of benzene rings is 1. The number of aliphatic hydroxyl groups excluding tert-OH is 1. The fourth-order valence-corrected chi connectivity index (χ4v) is 6.23. The predicted octanol–water partition coefficient (Wildman–Crippen LogP) is 2.81. The summed E-state index contributed by atoms with van der Waals surface area (Å²) in [6, 6.07) is 12.0. The summed E-state index contributed by atoms with van der Waals surface area (Å²) in [4.78, 5) is 10.6. The molecule has 0 unspecified atom stereocenters. The molecule has 2 saturated heterocycles. The zero-order valence-corrected chi connectivity index (χ0v) is 21.8. The van der Waals surface area contributed by atoms with E-state index < -0.39 is 33.9 Å². The van der Waals surface area contributed by atoms with Gasteiger partial charge in [0.05, 0.1) is 22.6 Å². The predicted molar refractivity (Wildman–Crippen MR) is 141 cm³/mol. The maximum absolute atomic E-state index is 13.3. The molecule has 0 saturated carbocycles. The minimum Gasteiger partial charge on any atom is -0.390 e. The van der Waals surface area contributed by atoms with E-state index in [1.165, 1.54) is 10.4 Å². The number of aliphatic hydroxyl groups is 1. The van der Waals surface area contributed by atoms with E-state index in [0.717, 1.165) is 55.4 Å². The number of nitrogens with one attached hydrogen (secondary N) is 2. The number of hydrogen-bond donors (Lipinski definition) is 3. The molecule has 0 aliphatic carbocycles. The van der Waals surface area contributed by atoms with E-state index >= 15 is 0 Å². The van der Waals surface area contributed by atoms with Gasteiger partial charge in [-0.2, -0.15) is 17.5 Å². The summed E-state index contributed by atoms with van der Waals surface area (Å²) in [6.45, 7) is 3.51. The van der Waals surface area contributed by atoms with Crippen molar-refractivity contribution in [3.8, 4) is 11.1 Å². The van der Waals surface area contributed by atoms with Gasteiger partial charge in [-0.1, -0.05) is 12.1 Å². The van der Waals surface area contributed by atoms with E-state index in [0.29, 0.717) is 0 Å². The van der Waals surface area contributed by atoms with Gasteiger partial charge in [0.25, 0.3) is 0 Å². The molecule has 0 radical (unpaired) electrons. The van der Waals surface area contributed by atoms with E-state index in [-0.39, 0.29) is 30.2 Å². The number of aromatic nitrogens is 2.